The molecule has 4 atom stereocenters. The number of hydrogen-bond acceptors (Lipinski definition) is 3. The molecule has 2 fully saturated rings. The van der Waals surface area contributed by atoms with Gasteiger partial charge in [0, 0.05) is 11.7 Å². The molecule has 2 N–H and O–H groups in total. The normalized spacial score (nSPS) is 30.3. The van der Waals surface area contributed by atoms with Crippen LogP contribution in [0.5, 0.6) is 0 Å². The highest BCUT2D eigenvalue weighted by Crippen LogP contribution is 2.34. The average molecular weight is 260 g/mol. The number of anilines is 1. The predicted molar refractivity (Wildman–Crippen MR) is 74.0 cm³/mol. The molecule has 1 aromatic rings. The Balaban J connectivity index is 1.52. The molecule has 3 rings (SSSR count). The standard InChI is InChI=1S/C15H20N2O2/c1-10(15(18)17-11-5-3-2-4-6-11)16-13-9-12-7-8-14(13)19-12/h2-6,10,12-14,16H,7-9H2,1H3,(H,17,18). The first kappa shape index (κ1) is 12.6. The molecular weight excluding hydrogens is 240 g/mol. The van der Waals surface area contributed by atoms with E-state index in [1.54, 1.807) is 0 Å². The second-order valence-corrected chi connectivity index (χ2v) is 5.46. The molecule has 4 heteroatoms. The van der Waals surface area contributed by atoms with Gasteiger partial charge >= 0.3 is 0 Å². The van der Waals surface area contributed by atoms with Crippen molar-refractivity contribution in [2.75, 3.05) is 5.32 Å². The van der Waals surface area contributed by atoms with Crippen LogP contribution in [0.2, 0.25) is 0 Å². The zero-order valence-corrected chi connectivity index (χ0v) is 11.1. The van der Waals surface area contributed by atoms with Crippen LogP contribution in [0.1, 0.15) is 26.2 Å². The minimum atomic E-state index is -0.201. The van der Waals surface area contributed by atoms with E-state index in [4.69, 9.17) is 4.74 Å². The van der Waals surface area contributed by atoms with E-state index in [1.807, 2.05) is 37.3 Å². The fraction of sp³-hybridized carbons (Fsp3) is 0.533. The molecule has 19 heavy (non-hydrogen) atoms. The summed E-state index contributed by atoms with van der Waals surface area (Å²) < 4.78 is 5.79. The van der Waals surface area contributed by atoms with E-state index in [0.29, 0.717) is 18.2 Å². The third-order valence-electron chi connectivity index (χ3n) is 4.00. The Morgan fingerprint density at radius 1 is 1.32 bits per heavy atom. The first-order chi connectivity index (χ1) is 9.22. The van der Waals surface area contributed by atoms with E-state index in [9.17, 15) is 4.79 Å². The third kappa shape index (κ3) is 2.80. The molecule has 0 saturated carbocycles. The van der Waals surface area contributed by atoms with Crippen LogP contribution in [-0.4, -0.2) is 30.2 Å². The minimum Gasteiger partial charge on any atom is -0.373 e. The third-order valence-corrected chi connectivity index (χ3v) is 4.00. The van der Waals surface area contributed by atoms with E-state index in [0.717, 1.165) is 18.5 Å². The molecule has 0 radical (unpaired) electrons. The van der Waals surface area contributed by atoms with Gasteiger partial charge in [0.15, 0.2) is 0 Å². The molecule has 1 amide bonds. The first-order valence-electron chi connectivity index (χ1n) is 7.00. The van der Waals surface area contributed by atoms with Crippen LogP contribution in [0.3, 0.4) is 0 Å². The highest BCUT2D eigenvalue weighted by atomic mass is 16.5. The Kier molecular flexibility index (Phi) is 3.53. The number of nitrogens with one attached hydrogen (secondary N) is 2. The number of benzene rings is 1. The van der Waals surface area contributed by atoms with Crippen LogP contribution in [0, 0.1) is 0 Å². The van der Waals surface area contributed by atoms with Gasteiger partial charge < -0.3 is 15.4 Å². The number of carbonyl (C=O) groups is 1. The Labute approximate surface area is 113 Å². The van der Waals surface area contributed by atoms with Gasteiger partial charge in [-0.05, 0) is 38.3 Å². The van der Waals surface area contributed by atoms with Gasteiger partial charge in [0.25, 0.3) is 0 Å². The van der Waals surface area contributed by atoms with Gasteiger partial charge in [-0.25, -0.2) is 0 Å². The lowest BCUT2D eigenvalue weighted by Crippen LogP contribution is -2.47. The molecule has 1 aromatic carbocycles. The predicted octanol–water partition coefficient (Wildman–Crippen LogP) is 1.92. The maximum Gasteiger partial charge on any atom is 0.241 e. The summed E-state index contributed by atoms with van der Waals surface area (Å²) in [6.07, 6.45) is 4.04. The van der Waals surface area contributed by atoms with Gasteiger partial charge in [0.1, 0.15) is 0 Å². The lowest BCUT2D eigenvalue weighted by atomic mass is 9.95. The molecule has 0 aromatic heterocycles. The lowest BCUT2D eigenvalue weighted by molar-refractivity contribution is -0.118. The molecule has 0 spiro atoms. The van der Waals surface area contributed by atoms with E-state index in [-0.39, 0.29) is 11.9 Å². The molecule has 2 bridgehead atoms. The van der Waals surface area contributed by atoms with Gasteiger partial charge in [0.2, 0.25) is 5.91 Å². The quantitative estimate of drug-likeness (QED) is 0.869. The number of para-hydroxylation sites is 1. The topological polar surface area (TPSA) is 50.4 Å². The number of ether oxygens (including phenoxy) is 1. The number of amides is 1. The van der Waals surface area contributed by atoms with Crippen molar-refractivity contribution < 1.29 is 9.53 Å². The van der Waals surface area contributed by atoms with Gasteiger partial charge in [-0.15, -0.1) is 0 Å². The monoisotopic (exact) mass is 260 g/mol. The second-order valence-electron chi connectivity index (χ2n) is 5.46. The summed E-state index contributed by atoms with van der Waals surface area (Å²) >= 11 is 0. The van der Waals surface area contributed by atoms with Crippen LogP contribution in [0.4, 0.5) is 5.69 Å². The van der Waals surface area contributed by atoms with Crippen LogP contribution < -0.4 is 10.6 Å². The zero-order valence-electron chi connectivity index (χ0n) is 11.1. The van der Waals surface area contributed by atoms with E-state index in [1.165, 1.54) is 6.42 Å². The van der Waals surface area contributed by atoms with Crippen LogP contribution in [0.25, 0.3) is 0 Å². The van der Waals surface area contributed by atoms with Gasteiger partial charge in [0.05, 0.1) is 18.2 Å². The Morgan fingerprint density at radius 2 is 2.11 bits per heavy atom. The largest absolute Gasteiger partial charge is 0.373 e. The average Bonchev–Trinajstić information content (AvgIpc) is 3.02. The maximum absolute atomic E-state index is 12.1. The first-order valence-corrected chi connectivity index (χ1v) is 7.00. The van der Waals surface area contributed by atoms with Crippen molar-refractivity contribution in [3.05, 3.63) is 30.3 Å². The fourth-order valence-corrected chi connectivity index (χ4v) is 2.98. The lowest BCUT2D eigenvalue weighted by Gasteiger charge is -2.24. The number of fused-ring (bicyclic) bond motifs is 2. The van der Waals surface area contributed by atoms with Crippen molar-refractivity contribution >= 4 is 11.6 Å². The highest BCUT2D eigenvalue weighted by Gasteiger charge is 2.41. The number of carbonyl (C=O) groups excluding carboxylic acids is 1. The smallest absolute Gasteiger partial charge is 0.241 e. The van der Waals surface area contributed by atoms with E-state index in [2.05, 4.69) is 10.6 Å². The Bertz CT molecular complexity index is 449. The van der Waals surface area contributed by atoms with Crippen LogP contribution in [0.15, 0.2) is 30.3 Å². The Morgan fingerprint density at radius 3 is 2.74 bits per heavy atom. The van der Waals surface area contributed by atoms with E-state index < -0.39 is 0 Å². The Hall–Kier alpha value is -1.39. The number of rotatable bonds is 4. The summed E-state index contributed by atoms with van der Waals surface area (Å²) in [4.78, 5) is 12.1. The molecule has 2 heterocycles. The molecule has 2 aliphatic heterocycles. The fourth-order valence-electron chi connectivity index (χ4n) is 2.98. The molecule has 4 unspecified atom stereocenters. The highest BCUT2D eigenvalue weighted by molar-refractivity contribution is 5.94. The molecule has 4 nitrogen and oxygen atoms in total. The molecule has 2 aliphatic rings. The summed E-state index contributed by atoms with van der Waals surface area (Å²) in [6.45, 7) is 1.91. The van der Waals surface area contributed by atoms with Crippen LogP contribution >= 0.6 is 0 Å². The molecule has 2 saturated heterocycles. The minimum absolute atomic E-state index is 0.00831. The van der Waals surface area contributed by atoms with Crippen molar-refractivity contribution in [2.45, 2.75) is 50.5 Å². The maximum atomic E-state index is 12.1. The SMILES string of the molecule is CC(NC1CC2CCC1O2)C(=O)Nc1ccccc1. The van der Waals surface area contributed by atoms with Crippen molar-refractivity contribution in [1.29, 1.82) is 0 Å². The van der Waals surface area contributed by atoms with Crippen molar-refractivity contribution in [1.82, 2.24) is 5.32 Å². The summed E-state index contributed by atoms with van der Waals surface area (Å²) in [5.74, 6) is 0.00831. The van der Waals surface area contributed by atoms with Crippen molar-refractivity contribution in [3.63, 3.8) is 0 Å². The summed E-state index contributed by atoms with van der Waals surface area (Å²) in [5.41, 5.74) is 0.838. The summed E-state index contributed by atoms with van der Waals surface area (Å²) in [7, 11) is 0. The van der Waals surface area contributed by atoms with Crippen molar-refractivity contribution in [2.24, 2.45) is 0 Å². The second kappa shape index (κ2) is 5.31. The zero-order chi connectivity index (χ0) is 13.2. The van der Waals surface area contributed by atoms with Crippen LogP contribution in [-0.2, 0) is 9.53 Å². The van der Waals surface area contributed by atoms with Gasteiger partial charge in [-0.2, -0.15) is 0 Å². The van der Waals surface area contributed by atoms with E-state index >= 15 is 0 Å². The molecule has 0 aliphatic carbocycles. The summed E-state index contributed by atoms with van der Waals surface area (Å²) in [6, 6.07) is 9.68. The van der Waals surface area contributed by atoms with Gasteiger partial charge in [-0.3, -0.25) is 4.79 Å². The van der Waals surface area contributed by atoms with Gasteiger partial charge in [-0.1, -0.05) is 18.2 Å². The van der Waals surface area contributed by atoms with Crippen molar-refractivity contribution in [3.8, 4) is 0 Å². The molecule has 102 valence electrons. The number of hydrogen-bond donors (Lipinski definition) is 2. The summed E-state index contributed by atoms with van der Waals surface area (Å²) in [5, 5.41) is 6.31. The molecular formula is C15H20N2O2.